The maximum Gasteiger partial charge on any atom is 0.313 e. The summed E-state index contributed by atoms with van der Waals surface area (Å²) in [5, 5.41) is 0. The molecule has 0 amide bonds. The van der Waals surface area contributed by atoms with Crippen molar-refractivity contribution in [3.8, 4) is 11.5 Å². The van der Waals surface area contributed by atoms with E-state index in [1.54, 1.807) is 48.5 Å². The van der Waals surface area contributed by atoms with Crippen LogP contribution in [0.25, 0.3) is 0 Å². The van der Waals surface area contributed by atoms with Crippen molar-refractivity contribution in [1.29, 1.82) is 0 Å². The summed E-state index contributed by atoms with van der Waals surface area (Å²) < 4.78 is 45.5. The highest BCUT2D eigenvalue weighted by Gasteiger charge is 2.41. The van der Waals surface area contributed by atoms with Gasteiger partial charge >= 0.3 is 10.1 Å². The molecule has 0 saturated carbocycles. The number of nitrogens with two attached hydrogens (primary N) is 1. The fourth-order valence-corrected chi connectivity index (χ4v) is 3.82. The molecule has 1 aliphatic heterocycles. The monoisotopic (exact) mass is 405 g/mol. The van der Waals surface area contributed by atoms with Gasteiger partial charge in [-0.15, -0.1) is 0 Å². The minimum atomic E-state index is -4.11. The number of hydrogen-bond acceptors (Lipinski definition) is 8. The number of carbonyl (C=O) groups excluding carboxylic acids is 1. The van der Waals surface area contributed by atoms with E-state index in [1.807, 2.05) is 0 Å². The number of Topliss-reactive ketones (excluding diaryl/α,β-unsaturated/α-hetero) is 1. The van der Waals surface area contributed by atoms with E-state index < -0.39 is 39.4 Å². The van der Waals surface area contributed by atoms with Crippen molar-refractivity contribution in [3.05, 3.63) is 71.3 Å². The normalized spacial score (nSPS) is 16.6. The van der Waals surface area contributed by atoms with Crippen molar-refractivity contribution < 1.29 is 31.6 Å². The molecule has 148 valence electrons. The Labute approximate surface area is 162 Å². The molecule has 0 spiro atoms. The van der Waals surface area contributed by atoms with Crippen molar-refractivity contribution >= 4 is 15.9 Å². The third kappa shape index (κ3) is 4.04. The lowest BCUT2D eigenvalue weighted by atomic mass is 10.0. The average Bonchev–Trinajstić information content (AvgIpc) is 2.95. The Morgan fingerprint density at radius 3 is 2.43 bits per heavy atom. The lowest BCUT2D eigenvalue weighted by Gasteiger charge is -2.15. The van der Waals surface area contributed by atoms with E-state index in [0.717, 1.165) is 0 Å². The molecule has 9 heteroatoms. The third-order valence-electron chi connectivity index (χ3n) is 4.05. The maximum absolute atomic E-state index is 12.8. The summed E-state index contributed by atoms with van der Waals surface area (Å²) in [5.74, 6) is -1.26. The molecule has 1 unspecified atom stereocenters. The highest BCUT2D eigenvalue weighted by Crippen LogP contribution is 2.38. The van der Waals surface area contributed by atoms with Crippen LogP contribution in [0, 0.1) is 0 Å². The van der Waals surface area contributed by atoms with E-state index in [2.05, 4.69) is 0 Å². The van der Waals surface area contributed by atoms with Crippen LogP contribution in [0.5, 0.6) is 11.5 Å². The standard InChI is InChI=1S/C19H19NO7S/c1-24-13-8-9-15(25-2)14(10-13)17-16(21)18(19(20)26-17)27-28(22,23)11-12-6-4-3-5-7-12/h3-10,17H,11,20H2,1-2H3. The number of ether oxygens (including phenoxy) is 3. The Kier molecular flexibility index (Phi) is 5.46. The molecule has 2 aromatic rings. The summed E-state index contributed by atoms with van der Waals surface area (Å²) in [4.78, 5) is 12.8. The minimum Gasteiger partial charge on any atom is -0.497 e. The predicted molar refractivity (Wildman–Crippen MR) is 99.7 cm³/mol. The van der Waals surface area contributed by atoms with E-state index >= 15 is 0 Å². The highest BCUT2D eigenvalue weighted by molar-refractivity contribution is 7.86. The first kappa shape index (κ1) is 19.6. The van der Waals surface area contributed by atoms with Crippen molar-refractivity contribution in [2.24, 2.45) is 5.73 Å². The van der Waals surface area contributed by atoms with Gasteiger partial charge in [0.2, 0.25) is 17.4 Å². The van der Waals surface area contributed by atoms with Crippen LogP contribution in [0.15, 0.2) is 60.2 Å². The minimum absolute atomic E-state index is 0.342. The molecule has 0 aromatic heterocycles. The van der Waals surface area contributed by atoms with E-state index in [1.165, 1.54) is 14.2 Å². The summed E-state index contributed by atoms with van der Waals surface area (Å²) in [6.45, 7) is 0. The number of benzene rings is 2. The van der Waals surface area contributed by atoms with Crippen molar-refractivity contribution in [2.45, 2.75) is 11.9 Å². The summed E-state index contributed by atoms with van der Waals surface area (Å²) >= 11 is 0. The first-order valence-corrected chi connectivity index (χ1v) is 9.81. The van der Waals surface area contributed by atoms with Gasteiger partial charge in [-0.25, -0.2) is 0 Å². The predicted octanol–water partition coefficient (Wildman–Crippen LogP) is 2.02. The third-order valence-corrected chi connectivity index (χ3v) is 5.15. The first-order chi connectivity index (χ1) is 13.3. The number of rotatable bonds is 7. The van der Waals surface area contributed by atoms with Gasteiger partial charge < -0.3 is 24.1 Å². The van der Waals surface area contributed by atoms with Gasteiger partial charge in [-0.1, -0.05) is 30.3 Å². The van der Waals surface area contributed by atoms with E-state index in [9.17, 15) is 13.2 Å². The van der Waals surface area contributed by atoms with Crippen LogP contribution in [0.3, 0.4) is 0 Å². The average molecular weight is 405 g/mol. The Balaban J connectivity index is 1.84. The second-order valence-corrected chi connectivity index (χ2v) is 7.51. The summed E-state index contributed by atoms with van der Waals surface area (Å²) in [7, 11) is -1.21. The first-order valence-electron chi connectivity index (χ1n) is 8.23. The number of carbonyl (C=O) groups is 1. The number of hydrogen-bond donors (Lipinski definition) is 1. The molecule has 0 saturated heterocycles. The Morgan fingerprint density at radius 1 is 1.07 bits per heavy atom. The van der Waals surface area contributed by atoms with Crippen LogP contribution in [-0.2, 0) is 29.6 Å². The van der Waals surface area contributed by atoms with Crippen LogP contribution in [-0.4, -0.2) is 28.4 Å². The molecular weight excluding hydrogens is 386 g/mol. The Morgan fingerprint density at radius 2 is 1.79 bits per heavy atom. The molecule has 0 bridgehead atoms. The highest BCUT2D eigenvalue weighted by atomic mass is 32.2. The molecule has 1 aliphatic rings. The van der Waals surface area contributed by atoms with Gasteiger partial charge in [-0.3, -0.25) is 4.79 Å². The largest absolute Gasteiger partial charge is 0.497 e. The Hall–Kier alpha value is -3.20. The van der Waals surface area contributed by atoms with Gasteiger partial charge in [0.05, 0.1) is 14.2 Å². The molecule has 8 nitrogen and oxygen atoms in total. The van der Waals surface area contributed by atoms with Crippen LogP contribution < -0.4 is 15.2 Å². The summed E-state index contributed by atoms with van der Waals surface area (Å²) in [6, 6.07) is 13.2. The summed E-state index contributed by atoms with van der Waals surface area (Å²) in [5.41, 5.74) is 6.59. The molecule has 2 N–H and O–H groups in total. The Bertz CT molecular complexity index is 1020. The van der Waals surface area contributed by atoms with Gasteiger partial charge in [-0.2, -0.15) is 8.42 Å². The van der Waals surface area contributed by atoms with Crippen LogP contribution in [0.2, 0.25) is 0 Å². The van der Waals surface area contributed by atoms with Gasteiger partial charge in [0.15, 0.2) is 6.10 Å². The van der Waals surface area contributed by atoms with Crippen molar-refractivity contribution in [3.63, 3.8) is 0 Å². The quantitative estimate of drug-likeness (QED) is 0.696. The lowest BCUT2D eigenvalue weighted by Crippen LogP contribution is -2.16. The topological polar surface area (TPSA) is 114 Å². The molecule has 1 heterocycles. The van der Waals surface area contributed by atoms with E-state index in [0.29, 0.717) is 22.6 Å². The van der Waals surface area contributed by atoms with E-state index in [4.69, 9.17) is 24.1 Å². The second-order valence-electron chi connectivity index (χ2n) is 5.93. The molecule has 3 rings (SSSR count). The molecule has 2 aromatic carbocycles. The molecule has 1 atom stereocenters. The van der Waals surface area contributed by atoms with Crippen LogP contribution in [0.4, 0.5) is 0 Å². The number of methoxy groups -OCH3 is 2. The SMILES string of the molecule is COc1ccc(OC)c(C2OC(N)=C(OS(=O)(=O)Cc3ccccc3)C2=O)c1. The second kappa shape index (κ2) is 7.81. The molecular formula is C19H19NO7S. The van der Waals surface area contributed by atoms with Gasteiger partial charge in [-0.05, 0) is 23.8 Å². The molecule has 28 heavy (non-hydrogen) atoms. The van der Waals surface area contributed by atoms with Crippen molar-refractivity contribution in [1.82, 2.24) is 0 Å². The summed E-state index contributed by atoms with van der Waals surface area (Å²) in [6.07, 6.45) is -1.20. The fourth-order valence-electron chi connectivity index (χ4n) is 2.74. The number of ketones is 1. The van der Waals surface area contributed by atoms with E-state index in [-0.39, 0.29) is 0 Å². The van der Waals surface area contributed by atoms with Crippen molar-refractivity contribution in [2.75, 3.05) is 14.2 Å². The zero-order chi connectivity index (χ0) is 20.3. The van der Waals surface area contributed by atoms with Crippen LogP contribution in [0.1, 0.15) is 17.2 Å². The van der Waals surface area contributed by atoms with Gasteiger partial charge in [0.25, 0.3) is 0 Å². The van der Waals surface area contributed by atoms with Gasteiger partial charge in [0.1, 0.15) is 17.3 Å². The maximum atomic E-state index is 12.8. The molecule has 0 radical (unpaired) electrons. The fraction of sp³-hybridized carbons (Fsp3) is 0.211. The lowest BCUT2D eigenvalue weighted by molar-refractivity contribution is -0.123. The van der Waals surface area contributed by atoms with Gasteiger partial charge in [0, 0.05) is 5.56 Å². The zero-order valence-corrected chi connectivity index (χ0v) is 16.1. The van der Waals surface area contributed by atoms with Crippen LogP contribution >= 0.6 is 0 Å². The zero-order valence-electron chi connectivity index (χ0n) is 15.2. The molecule has 0 aliphatic carbocycles. The smallest absolute Gasteiger partial charge is 0.313 e. The molecule has 0 fully saturated rings.